The summed E-state index contributed by atoms with van der Waals surface area (Å²) in [4.78, 5) is 0. The number of unbranched alkanes of at least 4 members (excludes halogenated alkanes) is 5. The van der Waals surface area contributed by atoms with E-state index in [1.54, 1.807) is 12.1 Å². The van der Waals surface area contributed by atoms with Crippen LogP contribution in [0, 0.1) is 0 Å². The summed E-state index contributed by atoms with van der Waals surface area (Å²) >= 11 is 0. The molecule has 0 unspecified atom stereocenters. The summed E-state index contributed by atoms with van der Waals surface area (Å²) in [5.74, 6) is 0.310. The Balaban J connectivity index is 1.34. The molecule has 0 spiro atoms. The van der Waals surface area contributed by atoms with E-state index in [9.17, 15) is 10.2 Å². The average molecular weight is 415 g/mol. The monoisotopic (exact) mass is 414 g/mol. The molecule has 0 radical (unpaired) electrons. The summed E-state index contributed by atoms with van der Waals surface area (Å²) < 4.78 is 0. The third-order valence-electron chi connectivity index (χ3n) is 5.32. The highest BCUT2D eigenvalue weighted by Gasteiger charge is 2.00. The Morgan fingerprint density at radius 3 is 1.37 bits per heavy atom. The molecule has 0 aliphatic rings. The molecule has 2 aromatic rings. The first kappa shape index (κ1) is 23.8. The summed E-state index contributed by atoms with van der Waals surface area (Å²) in [5.41, 5.74) is 14.6. The van der Waals surface area contributed by atoms with Crippen LogP contribution in [0.25, 0.3) is 0 Å². The zero-order valence-corrected chi connectivity index (χ0v) is 18.0. The van der Waals surface area contributed by atoms with Crippen LogP contribution < -0.4 is 22.1 Å². The lowest BCUT2D eigenvalue weighted by Crippen LogP contribution is -2.18. The Kier molecular flexibility index (Phi) is 10.9. The first-order chi connectivity index (χ1) is 14.6. The van der Waals surface area contributed by atoms with Crippen molar-refractivity contribution in [2.24, 2.45) is 0 Å². The fourth-order valence-electron chi connectivity index (χ4n) is 3.44. The van der Waals surface area contributed by atoms with Crippen molar-refractivity contribution in [1.29, 1.82) is 0 Å². The molecule has 2 rings (SSSR count). The number of benzene rings is 2. The molecular formula is C24H38N4O2. The van der Waals surface area contributed by atoms with Crippen LogP contribution in [0.2, 0.25) is 0 Å². The minimum absolute atomic E-state index is 0.155. The lowest BCUT2D eigenvalue weighted by atomic mass is 10.1. The summed E-state index contributed by atoms with van der Waals surface area (Å²) in [6.45, 7) is 3.98. The van der Waals surface area contributed by atoms with E-state index in [0.717, 1.165) is 50.1 Å². The zero-order valence-electron chi connectivity index (χ0n) is 18.0. The van der Waals surface area contributed by atoms with Gasteiger partial charge in [0.25, 0.3) is 0 Å². The Morgan fingerprint density at radius 2 is 0.967 bits per heavy atom. The van der Waals surface area contributed by atoms with Crippen molar-refractivity contribution in [1.82, 2.24) is 10.6 Å². The molecule has 30 heavy (non-hydrogen) atoms. The van der Waals surface area contributed by atoms with Crippen molar-refractivity contribution in [3.8, 4) is 11.5 Å². The smallest absolute Gasteiger partial charge is 0.138 e. The van der Waals surface area contributed by atoms with Gasteiger partial charge in [-0.3, -0.25) is 0 Å². The first-order valence-electron chi connectivity index (χ1n) is 11.1. The number of nitrogens with two attached hydrogens (primary N) is 2. The quantitative estimate of drug-likeness (QED) is 0.151. The molecule has 0 atom stereocenters. The van der Waals surface area contributed by atoms with E-state index in [0.29, 0.717) is 11.4 Å². The Morgan fingerprint density at radius 1 is 0.567 bits per heavy atom. The third kappa shape index (κ3) is 9.37. The fourth-order valence-corrected chi connectivity index (χ4v) is 3.44. The molecule has 0 heterocycles. The highest BCUT2D eigenvalue weighted by Crippen LogP contribution is 2.21. The molecule has 2 aromatic carbocycles. The van der Waals surface area contributed by atoms with E-state index >= 15 is 0 Å². The standard InChI is InChI=1S/C24H38N4O2/c25-21-17-19(7-9-23(21)29)11-15-27-13-5-3-1-2-4-6-14-28-16-12-20-8-10-24(30)22(26)18-20/h7-10,17-18,27-30H,1-6,11-16,25-26H2. The molecule has 166 valence electrons. The lowest BCUT2D eigenvalue weighted by molar-refractivity contribution is 0.477. The average Bonchev–Trinajstić information content (AvgIpc) is 2.73. The number of phenols is 2. The van der Waals surface area contributed by atoms with Crippen molar-refractivity contribution in [3.05, 3.63) is 47.5 Å². The molecule has 0 aromatic heterocycles. The van der Waals surface area contributed by atoms with Gasteiger partial charge in [0.05, 0.1) is 11.4 Å². The number of hydrogen-bond donors (Lipinski definition) is 6. The SMILES string of the molecule is Nc1cc(CCNCCCCCCCCNCCc2ccc(O)c(N)c2)ccc1O. The fraction of sp³-hybridized carbons (Fsp3) is 0.500. The highest BCUT2D eigenvalue weighted by molar-refractivity contribution is 5.53. The minimum atomic E-state index is 0.155. The van der Waals surface area contributed by atoms with Gasteiger partial charge in [-0.15, -0.1) is 0 Å². The molecule has 0 saturated heterocycles. The van der Waals surface area contributed by atoms with E-state index in [-0.39, 0.29) is 11.5 Å². The van der Waals surface area contributed by atoms with Crippen LogP contribution in [0.5, 0.6) is 11.5 Å². The van der Waals surface area contributed by atoms with Crippen LogP contribution in [0.1, 0.15) is 49.7 Å². The second kappa shape index (κ2) is 13.7. The van der Waals surface area contributed by atoms with Crippen LogP contribution in [-0.4, -0.2) is 36.4 Å². The summed E-state index contributed by atoms with van der Waals surface area (Å²) in [5, 5.41) is 25.8. The number of rotatable bonds is 15. The number of nitrogen functional groups attached to an aromatic ring is 2. The maximum Gasteiger partial charge on any atom is 0.138 e. The van der Waals surface area contributed by atoms with Crippen molar-refractivity contribution < 1.29 is 10.2 Å². The van der Waals surface area contributed by atoms with Gasteiger partial charge in [0.15, 0.2) is 0 Å². The predicted octanol–water partition coefficient (Wildman–Crippen LogP) is 3.57. The number of nitrogens with one attached hydrogen (secondary N) is 2. The summed E-state index contributed by atoms with van der Waals surface area (Å²) in [7, 11) is 0. The number of anilines is 2. The normalized spacial score (nSPS) is 11.1. The molecule has 0 fully saturated rings. The Labute approximate surface area is 180 Å². The van der Waals surface area contributed by atoms with Gasteiger partial charge in [0.1, 0.15) is 11.5 Å². The van der Waals surface area contributed by atoms with E-state index < -0.39 is 0 Å². The Bertz CT molecular complexity index is 688. The molecule has 0 amide bonds. The van der Waals surface area contributed by atoms with Crippen LogP contribution >= 0.6 is 0 Å². The van der Waals surface area contributed by atoms with Gasteiger partial charge in [0.2, 0.25) is 0 Å². The maximum absolute atomic E-state index is 9.43. The number of aromatic hydroxyl groups is 2. The van der Waals surface area contributed by atoms with Gasteiger partial charge < -0.3 is 32.3 Å². The van der Waals surface area contributed by atoms with E-state index in [4.69, 9.17) is 11.5 Å². The van der Waals surface area contributed by atoms with Crippen LogP contribution in [-0.2, 0) is 12.8 Å². The molecular weight excluding hydrogens is 376 g/mol. The van der Waals surface area contributed by atoms with E-state index in [2.05, 4.69) is 10.6 Å². The summed E-state index contributed by atoms with van der Waals surface area (Å²) in [6, 6.07) is 10.8. The van der Waals surface area contributed by atoms with Crippen molar-refractivity contribution in [2.75, 3.05) is 37.6 Å². The van der Waals surface area contributed by atoms with Crippen LogP contribution in [0.3, 0.4) is 0 Å². The minimum Gasteiger partial charge on any atom is -0.506 e. The van der Waals surface area contributed by atoms with Crippen molar-refractivity contribution >= 4 is 11.4 Å². The van der Waals surface area contributed by atoms with E-state index in [1.807, 2.05) is 24.3 Å². The van der Waals surface area contributed by atoms with Crippen LogP contribution in [0.15, 0.2) is 36.4 Å². The molecule has 6 nitrogen and oxygen atoms in total. The highest BCUT2D eigenvalue weighted by atomic mass is 16.3. The van der Waals surface area contributed by atoms with E-state index in [1.165, 1.54) is 38.5 Å². The third-order valence-corrected chi connectivity index (χ3v) is 5.32. The van der Waals surface area contributed by atoms with Gasteiger partial charge >= 0.3 is 0 Å². The van der Waals surface area contributed by atoms with Crippen LogP contribution in [0.4, 0.5) is 11.4 Å². The van der Waals surface area contributed by atoms with Crippen molar-refractivity contribution in [2.45, 2.75) is 51.4 Å². The Hall–Kier alpha value is -2.44. The second-order valence-corrected chi connectivity index (χ2v) is 7.91. The van der Waals surface area contributed by atoms with Gasteiger partial charge in [-0.25, -0.2) is 0 Å². The molecule has 0 bridgehead atoms. The lowest BCUT2D eigenvalue weighted by Gasteiger charge is -2.07. The molecule has 8 N–H and O–H groups in total. The van der Waals surface area contributed by atoms with Gasteiger partial charge in [0, 0.05) is 0 Å². The largest absolute Gasteiger partial charge is 0.506 e. The maximum atomic E-state index is 9.43. The molecule has 0 aliphatic heterocycles. The second-order valence-electron chi connectivity index (χ2n) is 7.91. The topological polar surface area (TPSA) is 117 Å². The summed E-state index contributed by atoms with van der Waals surface area (Å²) in [6.07, 6.45) is 9.42. The zero-order chi connectivity index (χ0) is 21.6. The number of hydrogen-bond acceptors (Lipinski definition) is 6. The van der Waals surface area contributed by atoms with Crippen molar-refractivity contribution in [3.63, 3.8) is 0 Å². The first-order valence-corrected chi connectivity index (χ1v) is 11.1. The molecule has 6 heteroatoms. The number of phenolic OH excluding ortho intramolecular Hbond substituents is 2. The predicted molar refractivity (Wildman–Crippen MR) is 126 cm³/mol. The molecule has 0 aliphatic carbocycles. The van der Waals surface area contributed by atoms with Gasteiger partial charge in [-0.05, 0) is 87.3 Å². The van der Waals surface area contributed by atoms with Gasteiger partial charge in [-0.1, -0.05) is 37.8 Å². The molecule has 0 saturated carbocycles. The van der Waals surface area contributed by atoms with Gasteiger partial charge in [-0.2, -0.15) is 0 Å².